The minimum atomic E-state index is 0.0625. The van der Waals surface area contributed by atoms with E-state index in [1.807, 2.05) is 0 Å². The monoisotopic (exact) mass is 278 g/mol. The van der Waals surface area contributed by atoms with Crippen LogP contribution in [0.5, 0.6) is 0 Å². The van der Waals surface area contributed by atoms with Gasteiger partial charge >= 0.3 is 0 Å². The van der Waals surface area contributed by atoms with Crippen LogP contribution in [0.1, 0.15) is 30.9 Å². The maximum atomic E-state index is 6.53. The molecular formula is C19H22N2. The maximum absolute atomic E-state index is 6.53. The minimum Gasteiger partial charge on any atom is -0.330 e. The van der Waals surface area contributed by atoms with Crippen molar-refractivity contribution >= 4 is 21.5 Å². The lowest BCUT2D eigenvalue weighted by Crippen LogP contribution is -2.12. The van der Waals surface area contributed by atoms with Gasteiger partial charge in [0.15, 0.2) is 0 Å². The Labute approximate surface area is 125 Å². The molecule has 0 aliphatic rings. The van der Waals surface area contributed by atoms with Crippen LogP contribution in [0.3, 0.4) is 0 Å². The maximum Gasteiger partial charge on any atom is 0.0307 e. The zero-order chi connectivity index (χ0) is 14.7. The van der Waals surface area contributed by atoms with Gasteiger partial charge in [0.1, 0.15) is 0 Å². The molecule has 0 aliphatic carbocycles. The summed E-state index contributed by atoms with van der Waals surface area (Å²) in [6, 6.07) is 19.4. The van der Waals surface area contributed by atoms with E-state index >= 15 is 0 Å². The number of rotatable bonds is 5. The first kappa shape index (κ1) is 14.1. The Bertz CT molecular complexity index is 695. The molecule has 3 rings (SSSR count). The second-order valence-electron chi connectivity index (χ2n) is 5.62. The van der Waals surface area contributed by atoms with Crippen LogP contribution in [0, 0.1) is 0 Å². The lowest BCUT2D eigenvalue weighted by atomic mass is 9.90. The van der Waals surface area contributed by atoms with Crippen molar-refractivity contribution in [3.05, 3.63) is 60.2 Å². The zero-order valence-electron chi connectivity index (χ0n) is 12.3. The molecule has 3 aromatic carbocycles. The molecule has 0 saturated carbocycles. The van der Waals surface area contributed by atoms with Crippen molar-refractivity contribution in [1.29, 1.82) is 0 Å². The first-order valence-corrected chi connectivity index (χ1v) is 7.67. The van der Waals surface area contributed by atoms with Crippen molar-refractivity contribution < 1.29 is 0 Å². The summed E-state index contributed by atoms with van der Waals surface area (Å²) < 4.78 is 0. The average Bonchev–Trinajstić information content (AvgIpc) is 2.52. The highest BCUT2D eigenvalue weighted by Crippen LogP contribution is 2.33. The molecule has 4 N–H and O–H groups in total. The number of hydrogen-bond donors (Lipinski definition) is 2. The van der Waals surface area contributed by atoms with E-state index in [1.165, 1.54) is 27.1 Å². The highest BCUT2D eigenvalue weighted by Gasteiger charge is 2.13. The topological polar surface area (TPSA) is 52.0 Å². The minimum absolute atomic E-state index is 0.0625. The third-order valence-corrected chi connectivity index (χ3v) is 4.15. The molecule has 1 atom stereocenters. The van der Waals surface area contributed by atoms with E-state index in [9.17, 15) is 0 Å². The van der Waals surface area contributed by atoms with E-state index in [-0.39, 0.29) is 6.04 Å². The van der Waals surface area contributed by atoms with Gasteiger partial charge in [-0.05, 0) is 52.6 Å². The molecule has 0 saturated heterocycles. The molecule has 0 aromatic heterocycles. The number of nitrogens with two attached hydrogens (primary N) is 2. The standard InChI is InChI=1S/C19H22N2/c20-12-6-5-11-18(21)19-16-9-3-1-7-14(16)13-15-8-2-4-10-17(15)19/h1-4,7-10,13,18H,5-6,11-12,20-21H2/t18-/m1/s1. The molecule has 0 amide bonds. The average molecular weight is 278 g/mol. The SMILES string of the molecule is NCCCC[C@@H](N)c1c2ccccc2cc2ccccc12. The Balaban J connectivity index is 2.15. The van der Waals surface area contributed by atoms with Gasteiger partial charge in [-0.2, -0.15) is 0 Å². The fraction of sp³-hybridized carbons (Fsp3) is 0.263. The smallest absolute Gasteiger partial charge is 0.0307 e. The first-order valence-electron chi connectivity index (χ1n) is 7.67. The van der Waals surface area contributed by atoms with Gasteiger partial charge in [0.05, 0.1) is 0 Å². The van der Waals surface area contributed by atoms with Gasteiger partial charge in [0.25, 0.3) is 0 Å². The fourth-order valence-electron chi connectivity index (χ4n) is 3.10. The summed E-state index contributed by atoms with van der Waals surface area (Å²) in [4.78, 5) is 0. The van der Waals surface area contributed by atoms with E-state index in [2.05, 4.69) is 54.6 Å². The van der Waals surface area contributed by atoms with Crippen molar-refractivity contribution in [1.82, 2.24) is 0 Å². The van der Waals surface area contributed by atoms with Crippen molar-refractivity contribution in [3.8, 4) is 0 Å². The Morgan fingerprint density at radius 1 is 0.810 bits per heavy atom. The predicted molar refractivity (Wildman–Crippen MR) is 91.3 cm³/mol. The Hall–Kier alpha value is -1.90. The number of fused-ring (bicyclic) bond motifs is 2. The van der Waals surface area contributed by atoms with E-state index in [0.717, 1.165) is 25.8 Å². The van der Waals surface area contributed by atoms with Crippen LogP contribution in [-0.4, -0.2) is 6.54 Å². The Kier molecular flexibility index (Phi) is 4.18. The van der Waals surface area contributed by atoms with Crippen LogP contribution in [-0.2, 0) is 0 Å². The lowest BCUT2D eigenvalue weighted by molar-refractivity contribution is 0.596. The molecule has 0 unspecified atom stereocenters. The van der Waals surface area contributed by atoms with Gasteiger partial charge in [-0.25, -0.2) is 0 Å². The van der Waals surface area contributed by atoms with E-state index in [0.29, 0.717) is 0 Å². The Morgan fingerprint density at radius 2 is 1.38 bits per heavy atom. The molecule has 2 heteroatoms. The van der Waals surface area contributed by atoms with Gasteiger partial charge in [0, 0.05) is 6.04 Å². The molecule has 0 aliphatic heterocycles. The van der Waals surface area contributed by atoms with Crippen molar-refractivity contribution in [2.24, 2.45) is 11.5 Å². The van der Waals surface area contributed by atoms with E-state index < -0.39 is 0 Å². The van der Waals surface area contributed by atoms with Crippen LogP contribution in [0.15, 0.2) is 54.6 Å². The third-order valence-electron chi connectivity index (χ3n) is 4.15. The van der Waals surface area contributed by atoms with E-state index in [1.54, 1.807) is 0 Å². The second-order valence-corrected chi connectivity index (χ2v) is 5.62. The summed E-state index contributed by atoms with van der Waals surface area (Å²) in [5.41, 5.74) is 13.4. The largest absolute Gasteiger partial charge is 0.330 e. The molecule has 3 aromatic rings. The molecule has 0 spiro atoms. The molecule has 21 heavy (non-hydrogen) atoms. The van der Waals surface area contributed by atoms with Crippen molar-refractivity contribution in [2.75, 3.05) is 6.54 Å². The molecule has 0 heterocycles. The lowest BCUT2D eigenvalue weighted by Gasteiger charge is -2.18. The highest BCUT2D eigenvalue weighted by atomic mass is 14.6. The summed E-state index contributed by atoms with van der Waals surface area (Å²) >= 11 is 0. The molecule has 0 fully saturated rings. The van der Waals surface area contributed by atoms with Crippen LogP contribution in [0.2, 0.25) is 0 Å². The molecule has 0 bridgehead atoms. The summed E-state index contributed by atoms with van der Waals surface area (Å²) in [6.45, 7) is 0.739. The summed E-state index contributed by atoms with van der Waals surface area (Å²) in [5, 5.41) is 5.08. The van der Waals surface area contributed by atoms with Gasteiger partial charge in [-0.15, -0.1) is 0 Å². The fourth-order valence-corrected chi connectivity index (χ4v) is 3.10. The van der Waals surface area contributed by atoms with Crippen LogP contribution in [0.4, 0.5) is 0 Å². The van der Waals surface area contributed by atoms with Crippen LogP contribution in [0.25, 0.3) is 21.5 Å². The van der Waals surface area contributed by atoms with Gasteiger partial charge in [0.2, 0.25) is 0 Å². The van der Waals surface area contributed by atoms with Crippen molar-refractivity contribution in [2.45, 2.75) is 25.3 Å². The quantitative estimate of drug-likeness (QED) is 0.545. The number of hydrogen-bond acceptors (Lipinski definition) is 2. The van der Waals surface area contributed by atoms with Gasteiger partial charge < -0.3 is 11.5 Å². The number of benzene rings is 3. The summed E-state index contributed by atoms with van der Waals surface area (Å²) in [5.74, 6) is 0. The van der Waals surface area contributed by atoms with E-state index in [4.69, 9.17) is 11.5 Å². The first-order chi connectivity index (χ1) is 10.3. The molecule has 0 radical (unpaired) electrons. The third kappa shape index (κ3) is 2.78. The molecule has 108 valence electrons. The Morgan fingerprint density at radius 3 is 1.95 bits per heavy atom. The van der Waals surface area contributed by atoms with Crippen LogP contribution >= 0.6 is 0 Å². The molecular weight excluding hydrogens is 256 g/mol. The summed E-state index contributed by atoms with van der Waals surface area (Å²) in [6.07, 6.45) is 3.10. The van der Waals surface area contributed by atoms with Gasteiger partial charge in [-0.1, -0.05) is 55.0 Å². The normalized spacial score (nSPS) is 12.9. The highest BCUT2D eigenvalue weighted by molar-refractivity contribution is 6.02. The van der Waals surface area contributed by atoms with Crippen molar-refractivity contribution in [3.63, 3.8) is 0 Å². The summed E-state index contributed by atoms with van der Waals surface area (Å²) in [7, 11) is 0. The van der Waals surface area contributed by atoms with Crippen LogP contribution < -0.4 is 11.5 Å². The molecule has 2 nitrogen and oxygen atoms in total. The zero-order valence-corrected chi connectivity index (χ0v) is 12.3. The second kappa shape index (κ2) is 6.25. The number of unbranched alkanes of at least 4 members (excludes halogenated alkanes) is 1. The van der Waals surface area contributed by atoms with Gasteiger partial charge in [-0.3, -0.25) is 0 Å². The predicted octanol–water partition coefficient (Wildman–Crippen LogP) is 4.12.